The lowest BCUT2D eigenvalue weighted by Gasteiger charge is -2.34. The summed E-state index contributed by atoms with van der Waals surface area (Å²) in [5, 5.41) is 6.63. The van der Waals surface area contributed by atoms with Gasteiger partial charge in [0.05, 0.1) is 29.0 Å². The van der Waals surface area contributed by atoms with Crippen LogP contribution in [0.1, 0.15) is 50.2 Å². The Morgan fingerprint density at radius 2 is 2.02 bits per heavy atom. The van der Waals surface area contributed by atoms with Crippen LogP contribution in [0.15, 0.2) is 54.9 Å². The van der Waals surface area contributed by atoms with Gasteiger partial charge in [-0.05, 0) is 61.8 Å². The zero-order valence-electron chi connectivity index (χ0n) is 25.7. The molecule has 4 atom stereocenters. The third-order valence-corrected chi connectivity index (χ3v) is 8.32. The lowest BCUT2D eigenvalue weighted by Crippen LogP contribution is -2.46. The van der Waals surface area contributed by atoms with Gasteiger partial charge in [0.1, 0.15) is 24.0 Å². The second-order valence-electron chi connectivity index (χ2n) is 12.5. The number of likely N-dealkylation sites (N-methyl/N-ethyl adjacent to an activating group) is 1. The second kappa shape index (κ2) is 13.0. The van der Waals surface area contributed by atoms with Gasteiger partial charge in [-0.1, -0.05) is 26.0 Å². The topological polar surface area (TPSA) is 119 Å². The molecular formula is C33H41FN8O2. The SMILES string of the molecule is CC(C)CC(=O)Nc1cncc(C2CC3C(CN2)NNC3c2nc3c(-c4cc(F)cc(OCCN(C)C)c4)cccc3[nH]2)c1. The second-order valence-corrected chi connectivity index (χ2v) is 12.5. The number of ether oxygens (including phenoxy) is 1. The number of carbonyl (C=O) groups is 1. The molecule has 2 aliphatic heterocycles. The molecule has 2 aromatic heterocycles. The average molecular weight is 601 g/mol. The van der Waals surface area contributed by atoms with E-state index in [1.807, 2.05) is 69.4 Å². The minimum Gasteiger partial charge on any atom is -0.492 e. The van der Waals surface area contributed by atoms with Crippen LogP contribution in [0.2, 0.25) is 0 Å². The van der Waals surface area contributed by atoms with Crippen LogP contribution in [-0.2, 0) is 4.79 Å². The summed E-state index contributed by atoms with van der Waals surface area (Å²) in [7, 11) is 3.95. The number of halogens is 1. The molecular weight excluding hydrogens is 559 g/mol. The molecule has 1 amide bonds. The van der Waals surface area contributed by atoms with Gasteiger partial charge in [-0.25, -0.2) is 14.8 Å². The fourth-order valence-electron chi connectivity index (χ4n) is 6.17. The van der Waals surface area contributed by atoms with Crippen LogP contribution < -0.4 is 26.2 Å². The summed E-state index contributed by atoms with van der Waals surface area (Å²) < 4.78 is 20.5. The van der Waals surface area contributed by atoms with Crippen molar-refractivity contribution in [3.05, 3.63) is 72.1 Å². The van der Waals surface area contributed by atoms with E-state index in [1.54, 1.807) is 6.20 Å². The number of hydrogen-bond acceptors (Lipinski definition) is 8. The van der Waals surface area contributed by atoms with Crippen molar-refractivity contribution in [1.29, 1.82) is 0 Å². The third-order valence-electron chi connectivity index (χ3n) is 8.32. The lowest BCUT2D eigenvalue weighted by atomic mass is 9.82. The number of rotatable bonds is 10. The average Bonchev–Trinajstić information content (AvgIpc) is 3.60. The molecule has 6 rings (SSSR count). The fourth-order valence-corrected chi connectivity index (χ4v) is 6.17. The normalized spacial score (nSPS) is 21.6. The highest BCUT2D eigenvalue weighted by atomic mass is 19.1. The summed E-state index contributed by atoms with van der Waals surface area (Å²) in [4.78, 5) is 27.4. The minimum atomic E-state index is -0.349. The Morgan fingerprint density at radius 1 is 1.16 bits per heavy atom. The highest BCUT2D eigenvalue weighted by Gasteiger charge is 2.42. The van der Waals surface area contributed by atoms with Gasteiger partial charge in [0.25, 0.3) is 0 Å². The zero-order valence-corrected chi connectivity index (χ0v) is 25.7. The summed E-state index contributed by atoms with van der Waals surface area (Å²) in [5.74, 6) is 1.51. The van der Waals surface area contributed by atoms with Gasteiger partial charge in [0, 0.05) is 55.3 Å². The van der Waals surface area contributed by atoms with E-state index in [-0.39, 0.29) is 41.7 Å². The molecule has 2 aliphatic rings. The lowest BCUT2D eigenvalue weighted by molar-refractivity contribution is -0.116. The van der Waals surface area contributed by atoms with Gasteiger partial charge in [0.15, 0.2) is 0 Å². The van der Waals surface area contributed by atoms with E-state index in [1.165, 1.54) is 12.1 Å². The summed E-state index contributed by atoms with van der Waals surface area (Å²) in [5.41, 5.74) is 11.9. The third kappa shape index (κ3) is 6.76. The van der Waals surface area contributed by atoms with E-state index < -0.39 is 0 Å². The van der Waals surface area contributed by atoms with Crippen molar-refractivity contribution >= 4 is 22.6 Å². The number of aromatic amines is 1. The van der Waals surface area contributed by atoms with E-state index >= 15 is 0 Å². The highest BCUT2D eigenvalue weighted by molar-refractivity contribution is 5.92. The monoisotopic (exact) mass is 600 g/mol. The number of pyridine rings is 1. The van der Waals surface area contributed by atoms with Crippen molar-refractivity contribution in [2.75, 3.05) is 39.1 Å². The van der Waals surface area contributed by atoms with E-state index in [2.05, 4.69) is 31.5 Å². The fraction of sp³-hybridized carbons (Fsp3) is 0.424. The van der Waals surface area contributed by atoms with Crippen molar-refractivity contribution in [2.24, 2.45) is 11.8 Å². The Balaban J connectivity index is 1.22. The number of anilines is 1. The van der Waals surface area contributed by atoms with Crippen LogP contribution in [0.25, 0.3) is 22.2 Å². The summed E-state index contributed by atoms with van der Waals surface area (Å²) in [6.45, 7) is 6.04. The number of nitrogens with one attached hydrogen (secondary N) is 5. The Bertz CT molecular complexity index is 1620. The van der Waals surface area contributed by atoms with Crippen LogP contribution in [0, 0.1) is 17.7 Å². The Hall–Kier alpha value is -3.90. The van der Waals surface area contributed by atoms with Crippen molar-refractivity contribution in [3.63, 3.8) is 0 Å². The van der Waals surface area contributed by atoms with Gasteiger partial charge in [0.2, 0.25) is 5.91 Å². The number of nitrogens with zero attached hydrogens (tertiary/aromatic N) is 3. The summed E-state index contributed by atoms with van der Waals surface area (Å²) >= 11 is 0. The maximum atomic E-state index is 14.7. The molecule has 0 saturated carbocycles. The van der Waals surface area contributed by atoms with Gasteiger partial charge in [-0.15, -0.1) is 0 Å². The number of carbonyl (C=O) groups excluding carboxylic acids is 1. The molecule has 0 bridgehead atoms. The number of piperidine rings is 1. The molecule has 5 N–H and O–H groups in total. The number of aromatic nitrogens is 3. The van der Waals surface area contributed by atoms with Crippen LogP contribution in [0.4, 0.5) is 10.1 Å². The minimum absolute atomic E-state index is 0.00422. The van der Waals surface area contributed by atoms with Gasteiger partial charge in [-0.3, -0.25) is 15.2 Å². The largest absolute Gasteiger partial charge is 0.492 e. The Labute approximate surface area is 257 Å². The number of hydrogen-bond donors (Lipinski definition) is 5. The van der Waals surface area contributed by atoms with Gasteiger partial charge < -0.3 is 25.3 Å². The van der Waals surface area contributed by atoms with Gasteiger partial charge >= 0.3 is 0 Å². The van der Waals surface area contributed by atoms with E-state index in [4.69, 9.17) is 9.72 Å². The van der Waals surface area contributed by atoms with Crippen LogP contribution in [-0.4, -0.2) is 65.6 Å². The number of fused-ring (bicyclic) bond motifs is 2. The number of H-pyrrole nitrogens is 1. The Morgan fingerprint density at radius 3 is 2.84 bits per heavy atom. The smallest absolute Gasteiger partial charge is 0.224 e. The van der Waals surface area contributed by atoms with Crippen molar-refractivity contribution in [3.8, 4) is 16.9 Å². The maximum Gasteiger partial charge on any atom is 0.224 e. The predicted molar refractivity (Wildman–Crippen MR) is 170 cm³/mol. The van der Waals surface area contributed by atoms with Crippen LogP contribution >= 0.6 is 0 Å². The number of para-hydroxylation sites is 1. The molecule has 232 valence electrons. The molecule has 11 heteroatoms. The maximum absolute atomic E-state index is 14.7. The van der Waals surface area contributed by atoms with E-state index in [0.29, 0.717) is 24.5 Å². The van der Waals surface area contributed by atoms with Crippen LogP contribution in [0.3, 0.4) is 0 Å². The molecule has 0 spiro atoms. The van der Waals surface area contributed by atoms with Crippen molar-refractivity contribution in [2.45, 2.75) is 44.8 Å². The quantitative estimate of drug-likeness (QED) is 0.180. The summed E-state index contributed by atoms with van der Waals surface area (Å²) in [6.07, 6.45) is 4.88. The van der Waals surface area contributed by atoms with Crippen molar-refractivity contribution < 1.29 is 13.9 Å². The van der Waals surface area contributed by atoms with E-state index in [0.717, 1.165) is 53.1 Å². The Kier molecular flexibility index (Phi) is 8.90. The number of amides is 1. The van der Waals surface area contributed by atoms with Gasteiger partial charge in [-0.2, -0.15) is 0 Å². The molecule has 0 radical (unpaired) electrons. The molecule has 2 aromatic carbocycles. The van der Waals surface area contributed by atoms with Crippen LogP contribution in [0.5, 0.6) is 5.75 Å². The molecule has 10 nitrogen and oxygen atoms in total. The first-order chi connectivity index (χ1) is 21.2. The highest BCUT2D eigenvalue weighted by Crippen LogP contribution is 2.39. The molecule has 2 fully saturated rings. The predicted octanol–water partition coefficient (Wildman–Crippen LogP) is 4.56. The van der Waals surface area contributed by atoms with Crippen molar-refractivity contribution in [1.82, 2.24) is 36.0 Å². The summed E-state index contributed by atoms with van der Waals surface area (Å²) in [6, 6.07) is 13.0. The zero-order chi connectivity index (χ0) is 30.8. The molecule has 0 aliphatic carbocycles. The number of benzene rings is 2. The molecule has 2 saturated heterocycles. The molecule has 4 heterocycles. The molecule has 44 heavy (non-hydrogen) atoms. The molecule has 4 unspecified atom stereocenters. The first kappa shape index (κ1) is 30.1. The molecule has 4 aromatic rings. The first-order valence-electron chi connectivity index (χ1n) is 15.3. The first-order valence-corrected chi connectivity index (χ1v) is 15.3. The standard InChI is InChI=1S/C33H41FN8O2/c1-19(2)10-30(43)37-23-12-21(16-35-17-23)28-15-26-29(18-36-28)40-41-32(26)33-38-27-7-5-6-25(31(27)39-33)20-11-22(34)14-24(13-20)44-9-8-42(3)4/h5-7,11-14,16-17,19,26,28-29,32,36,40-41H,8-10,15,18H2,1-4H3,(H,37,43)(H,38,39). The number of imidazole rings is 1. The number of hydrazine groups is 1. The van der Waals surface area contributed by atoms with E-state index in [9.17, 15) is 9.18 Å².